The Hall–Kier alpha value is -3.42. The van der Waals surface area contributed by atoms with Gasteiger partial charge in [0.15, 0.2) is 0 Å². The van der Waals surface area contributed by atoms with Gasteiger partial charge in [0.1, 0.15) is 5.75 Å². The van der Waals surface area contributed by atoms with Gasteiger partial charge in [-0.05, 0) is 29.8 Å². The first kappa shape index (κ1) is 16.9. The fourth-order valence-corrected chi connectivity index (χ4v) is 1.82. The van der Waals surface area contributed by atoms with Crippen molar-refractivity contribution in [2.75, 3.05) is 19.0 Å². The summed E-state index contributed by atoms with van der Waals surface area (Å²) >= 11 is 0. The number of hydrogen-bond donors (Lipinski definition) is 2. The zero-order valence-electron chi connectivity index (χ0n) is 12.9. The van der Waals surface area contributed by atoms with Crippen LogP contribution < -0.4 is 15.5 Å². The van der Waals surface area contributed by atoms with E-state index in [4.69, 9.17) is 4.74 Å². The third-order valence-corrected chi connectivity index (χ3v) is 3.03. The molecule has 0 aliphatic heterocycles. The summed E-state index contributed by atoms with van der Waals surface area (Å²) in [6.07, 6.45) is 1.41. The number of nitro groups is 1. The van der Waals surface area contributed by atoms with Gasteiger partial charge in [-0.1, -0.05) is 6.07 Å². The van der Waals surface area contributed by atoms with Gasteiger partial charge in [0.2, 0.25) is 0 Å². The first-order chi connectivity index (χ1) is 11.6. The maximum absolute atomic E-state index is 11.7. The molecule has 8 nitrogen and oxygen atoms in total. The molecular formula is C16H16N4O4. The second kappa shape index (κ2) is 8.28. The molecule has 2 rings (SSSR count). The second-order valence-electron chi connectivity index (χ2n) is 4.73. The van der Waals surface area contributed by atoms with Crippen LogP contribution in [0.3, 0.4) is 0 Å². The van der Waals surface area contributed by atoms with E-state index >= 15 is 0 Å². The van der Waals surface area contributed by atoms with Gasteiger partial charge in [0.25, 0.3) is 11.6 Å². The van der Waals surface area contributed by atoms with E-state index in [2.05, 4.69) is 15.8 Å². The van der Waals surface area contributed by atoms with E-state index < -0.39 is 4.92 Å². The van der Waals surface area contributed by atoms with E-state index in [1.54, 1.807) is 31.4 Å². The summed E-state index contributed by atoms with van der Waals surface area (Å²) < 4.78 is 5.09. The first-order valence-electron chi connectivity index (χ1n) is 7.03. The van der Waals surface area contributed by atoms with Crippen LogP contribution >= 0.6 is 0 Å². The number of carbonyl (C=O) groups is 1. The number of methoxy groups -OCH3 is 1. The van der Waals surface area contributed by atoms with Crippen molar-refractivity contribution in [3.63, 3.8) is 0 Å². The molecule has 0 atom stereocenters. The van der Waals surface area contributed by atoms with Crippen LogP contribution in [0.5, 0.6) is 5.75 Å². The Morgan fingerprint density at radius 1 is 1.29 bits per heavy atom. The summed E-state index contributed by atoms with van der Waals surface area (Å²) in [5.41, 5.74) is 3.76. The van der Waals surface area contributed by atoms with Crippen molar-refractivity contribution >= 4 is 23.5 Å². The molecule has 24 heavy (non-hydrogen) atoms. The maximum Gasteiger partial charge on any atom is 0.269 e. The Morgan fingerprint density at radius 3 is 2.71 bits per heavy atom. The molecule has 0 spiro atoms. The number of anilines is 1. The number of amides is 1. The van der Waals surface area contributed by atoms with Crippen molar-refractivity contribution in [1.82, 2.24) is 5.43 Å². The maximum atomic E-state index is 11.7. The van der Waals surface area contributed by atoms with Crippen molar-refractivity contribution in [1.29, 1.82) is 0 Å². The standard InChI is InChI=1S/C16H16N4O4/c1-24-15-4-2-3-13(9-15)17-11-16(21)19-18-10-12-5-7-14(8-6-12)20(22)23/h2-10,17H,11H2,1H3,(H,19,21)/b18-10-. The van der Waals surface area contributed by atoms with E-state index in [0.29, 0.717) is 11.3 Å². The molecule has 0 bridgehead atoms. The quantitative estimate of drug-likeness (QED) is 0.460. The molecule has 1 amide bonds. The normalized spacial score (nSPS) is 10.4. The van der Waals surface area contributed by atoms with Crippen molar-refractivity contribution < 1.29 is 14.5 Å². The van der Waals surface area contributed by atoms with Crippen molar-refractivity contribution in [2.24, 2.45) is 5.10 Å². The summed E-state index contributed by atoms with van der Waals surface area (Å²) in [7, 11) is 1.57. The Kier molecular flexibility index (Phi) is 5.84. The summed E-state index contributed by atoms with van der Waals surface area (Å²) in [5, 5.41) is 17.3. The molecule has 0 radical (unpaired) electrons. The predicted octanol–water partition coefficient (Wildman–Crippen LogP) is 2.17. The highest BCUT2D eigenvalue weighted by atomic mass is 16.6. The number of nitrogens with one attached hydrogen (secondary N) is 2. The number of hydrogen-bond acceptors (Lipinski definition) is 6. The first-order valence-corrected chi connectivity index (χ1v) is 7.03. The zero-order valence-corrected chi connectivity index (χ0v) is 12.9. The zero-order chi connectivity index (χ0) is 17.4. The molecule has 0 aromatic heterocycles. The summed E-state index contributed by atoms with van der Waals surface area (Å²) in [6, 6.07) is 13.0. The predicted molar refractivity (Wildman–Crippen MR) is 90.3 cm³/mol. The highest BCUT2D eigenvalue weighted by molar-refractivity contribution is 5.84. The molecular weight excluding hydrogens is 312 g/mol. The molecule has 0 saturated carbocycles. The van der Waals surface area contributed by atoms with Crippen LogP contribution in [0.1, 0.15) is 5.56 Å². The molecule has 0 unspecified atom stereocenters. The third kappa shape index (κ3) is 5.09. The van der Waals surface area contributed by atoms with Gasteiger partial charge in [0.05, 0.1) is 24.8 Å². The molecule has 2 N–H and O–H groups in total. The van der Waals surface area contributed by atoms with Gasteiger partial charge < -0.3 is 10.1 Å². The minimum Gasteiger partial charge on any atom is -0.497 e. The minimum atomic E-state index is -0.479. The fourth-order valence-electron chi connectivity index (χ4n) is 1.82. The van der Waals surface area contributed by atoms with E-state index in [1.165, 1.54) is 18.3 Å². The van der Waals surface area contributed by atoms with Crippen LogP contribution in [-0.2, 0) is 4.79 Å². The SMILES string of the molecule is COc1cccc(NCC(=O)N/N=C\c2ccc([N+](=O)[O-])cc2)c1. The monoisotopic (exact) mass is 328 g/mol. The minimum absolute atomic E-state index is 0.00123. The lowest BCUT2D eigenvalue weighted by Gasteiger charge is -2.06. The van der Waals surface area contributed by atoms with Gasteiger partial charge >= 0.3 is 0 Å². The van der Waals surface area contributed by atoms with E-state index in [-0.39, 0.29) is 18.1 Å². The molecule has 2 aromatic carbocycles. The van der Waals surface area contributed by atoms with Gasteiger partial charge in [-0.3, -0.25) is 14.9 Å². The third-order valence-electron chi connectivity index (χ3n) is 3.03. The smallest absolute Gasteiger partial charge is 0.269 e. The highest BCUT2D eigenvalue weighted by Crippen LogP contribution is 2.16. The van der Waals surface area contributed by atoms with Crippen LogP contribution in [0.15, 0.2) is 53.6 Å². The Balaban J connectivity index is 1.80. The average molecular weight is 328 g/mol. The average Bonchev–Trinajstić information content (AvgIpc) is 2.60. The Bertz CT molecular complexity index is 744. The van der Waals surface area contributed by atoms with Crippen LogP contribution in [0.4, 0.5) is 11.4 Å². The molecule has 0 saturated heterocycles. The van der Waals surface area contributed by atoms with E-state index in [9.17, 15) is 14.9 Å². The number of nitrogens with zero attached hydrogens (tertiary/aromatic N) is 2. The van der Waals surface area contributed by atoms with Gasteiger partial charge in [-0.25, -0.2) is 5.43 Å². The lowest BCUT2D eigenvalue weighted by molar-refractivity contribution is -0.384. The van der Waals surface area contributed by atoms with Crippen molar-refractivity contribution in [3.05, 3.63) is 64.2 Å². The topological polar surface area (TPSA) is 106 Å². The van der Waals surface area contributed by atoms with Crippen LogP contribution in [0, 0.1) is 10.1 Å². The number of rotatable bonds is 7. The number of nitro benzene ring substituents is 1. The molecule has 124 valence electrons. The molecule has 2 aromatic rings. The largest absolute Gasteiger partial charge is 0.497 e. The van der Waals surface area contributed by atoms with Crippen molar-refractivity contribution in [3.8, 4) is 5.75 Å². The Labute approximate surface area is 138 Å². The van der Waals surface area contributed by atoms with Gasteiger partial charge in [0, 0.05) is 23.9 Å². The molecule has 0 aliphatic rings. The molecule has 0 fully saturated rings. The molecule has 8 heteroatoms. The number of benzene rings is 2. The molecule has 0 aliphatic carbocycles. The van der Waals surface area contributed by atoms with E-state index in [1.807, 2.05) is 12.1 Å². The number of ether oxygens (including phenoxy) is 1. The number of non-ortho nitro benzene ring substituents is 1. The summed E-state index contributed by atoms with van der Waals surface area (Å²) in [4.78, 5) is 21.8. The number of carbonyl (C=O) groups excluding carboxylic acids is 1. The lowest BCUT2D eigenvalue weighted by atomic mass is 10.2. The van der Waals surface area contributed by atoms with Crippen LogP contribution in [0.2, 0.25) is 0 Å². The number of hydrazone groups is 1. The van der Waals surface area contributed by atoms with Gasteiger partial charge in [-0.2, -0.15) is 5.10 Å². The van der Waals surface area contributed by atoms with Gasteiger partial charge in [-0.15, -0.1) is 0 Å². The van der Waals surface area contributed by atoms with Crippen LogP contribution in [0.25, 0.3) is 0 Å². The summed E-state index contributed by atoms with van der Waals surface area (Å²) in [5.74, 6) is 0.368. The van der Waals surface area contributed by atoms with Crippen LogP contribution in [-0.4, -0.2) is 30.7 Å². The molecule has 0 heterocycles. The highest BCUT2D eigenvalue weighted by Gasteiger charge is 2.03. The van der Waals surface area contributed by atoms with Crippen molar-refractivity contribution in [2.45, 2.75) is 0 Å². The second-order valence-corrected chi connectivity index (χ2v) is 4.73. The van der Waals surface area contributed by atoms with E-state index in [0.717, 1.165) is 5.69 Å². The summed E-state index contributed by atoms with van der Waals surface area (Å²) in [6.45, 7) is 0.0464. The fraction of sp³-hybridized carbons (Fsp3) is 0.125. The lowest BCUT2D eigenvalue weighted by Crippen LogP contribution is -2.25. The Morgan fingerprint density at radius 2 is 2.04 bits per heavy atom.